The number of rotatable bonds is 10. The van der Waals surface area contributed by atoms with Gasteiger partial charge in [-0.25, -0.2) is 4.98 Å². The monoisotopic (exact) mass is 487 g/mol. The third-order valence-corrected chi connectivity index (χ3v) is 6.06. The Kier molecular flexibility index (Phi) is 8.91. The molecule has 7 nitrogen and oxygen atoms in total. The second-order valence-corrected chi connectivity index (χ2v) is 8.73. The van der Waals surface area contributed by atoms with Crippen molar-refractivity contribution in [3.05, 3.63) is 63.4 Å². The van der Waals surface area contributed by atoms with Crippen LogP contribution in [-0.4, -0.2) is 33.8 Å². The fraction of sp³-hybridized carbons (Fsp3) is 0.333. The number of hydrogen-bond acceptors (Lipinski definition) is 6. The van der Waals surface area contributed by atoms with E-state index in [0.717, 1.165) is 31.0 Å². The van der Waals surface area contributed by atoms with E-state index in [2.05, 4.69) is 17.2 Å². The Balaban J connectivity index is 1.94. The van der Waals surface area contributed by atoms with Crippen molar-refractivity contribution in [2.75, 3.05) is 17.7 Å². The Hall–Kier alpha value is -2.84. The molecule has 0 bridgehead atoms. The van der Waals surface area contributed by atoms with Gasteiger partial charge in [0.2, 0.25) is 0 Å². The maximum absolute atomic E-state index is 13.2. The van der Waals surface area contributed by atoms with Crippen molar-refractivity contribution in [2.24, 2.45) is 0 Å². The maximum atomic E-state index is 13.2. The second kappa shape index (κ2) is 11.9. The van der Waals surface area contributed by atoms with Crippen molar-refractivity contribution in [2.45, 2.75) is 44.8 Å². The SMILES string of the molecule is CCCCCn1c(SCC(=O)OCC)nc2cc(C(=O)Nc3cccc(Cl)c3)ccc2c1=O. The summed E-state index contributed by atoms with van der Waals surface area (Å²) in [6, 6.07) is 11.7. The second-order valence-electron chi connectivity index (χ2n) is 7.35. The molecule has 0 saturated heterocycles. The number of ether oxygens (including phenoxy) is 1. The van der Waals surface area contributed by atoms with E-state index in [4.69, 9.17) is 16.3 Å². The Labute approximate surface area is 201 Å². The van der Waals surface area contributed by atoms with Gasteiger partial charge >= 0.3 is 5.97 Å². The summed E-state index contributed by atoms with van der Waals surface area (Å²) in [5.41, 5.74) is 1.14. The van der Waals surface area contributed by atoms with Crippen LogP contribution in [0.4, 0.5) is 5.69 Å². The number of anilines is 1. The lowest BCUT2D eigenvalue weighted by molar-refractivity contribution is -0.139. The van der Waals surface area contributed by atoms with E-state index in [1.807, 2.05) is 0 Å². The number of carbonyl (C=O) groups is 2. The third-order valence-electron chi connectivity index (χ3n) is 4.87. The number of hydrogen-bond donors (Lipinski definition) is 1. The van der Waals surface area contributed by atoms with Crippen LogP contribution in [0.3, 0.4) is 0 Å². The molecule has 1 amide bonds. The predicted molar refractivity (Wildman–Crippen MR) is 132 cm³/mol. The van der Waals surface area contributed by atoms with Crippen LogP contribution >= 0.6 is 23.4 Å². The summed E-state index contributed by atoms with van der Waals surface area (Å²) in [6.07, 6.45) is 2.83. The molecule has 1 N–H and O–H groups in total. The van der Waals surface area contributed by atoms with Crippen molar-refractivity contribution < 1.29 is 14.3 Å². The van der Waals surface area contributed by atoms with Crippen LogP contribution in [0, 0.1) is 0 Å². The van der Waals surface area contributed by atoms with E-state index in [1.165, 1.54) is 0 Å². The number of nitrogens with zero attached hydrogens (tertiary/aromatic N) is 2. The van der Waals surface area contributed by atoms with E-state index in [0.29, 0.717) is 45.5 Å². The molecular formula is C24H26ClN3O4S. The minimum absolute atomic E-state index is 0.0501. The lowest BCUT2D eigenvalue weighted by Crippen LogP contribution is -2.24. The summed E-state index contributed by atoms with van der Waals surface area (Å²) in [7, 11) is 0. The smallest absolute Gasteiger partial charge is 0.316 e. The fourth-order valence-corrected chi connectivity index (χ4v) is 4.28. The summed E-state index contributed by atoms with van der Waals surface area (Å²) in [5, 5.41) is 4.16. The number of nitrogens with one attached hydrogen (secondary N) is 1. The summed E-state index contributed by atoms with van der Waals surface area (Å²) >= 11 is 7.15. The standard InChI is InChI=1S/C24H26ClN3O4S/c1-3-5-6-12-28-23(31)19-11-10-16(22(30)26-18-9-7-8-17(25)14-18)13-20(19)27-24(28)33-15-21(29)32-4-2/h7-11,13-14H,3-6,12,15H2,1-2H3,(H,26,30). The Morgan fingerprint density at radius 3 is 2.70 bits per heavy atom. The summed E-state index contributed by atoms with van der Waals surface area (Å²) < 4.78 is 6.60. The van der Waals surface area contributed by atoms with Gasteiger partial charge in [0, 0.05) is 22.8 Å². The molecule has 33 heavy (non-hydrogen) atoms. The minimum atomic E-state index is -0.369. The number of fused-ring (bicyclic) bond motifs is 1. The van der Waals surface area contributed by atoms with Crippen molar-refractivity contribution in [3.8, 4) is 0 Å². The maximum Gasteiger partial charge on any atom is 0.316 e. The summed E-state index contributed by atoms with van der Waals surface area (Å²) in [5.74, 6) is -0.658. The zero-order valence-electron chi connectivity index (χ0n) is 18.6. The van der Waals surface area contributed by atoms with Crippen LogP contribution in [0.2, 0.25) is 5.02 Å². The molecule has 0 aliphatic heterocycles. The predicted octanol–water partition coefficient (Wildman–Crippen LogP) is 5.15. The Bertz CT molecular complexity index is 1210. The van der Waals surface area contributed by atoms with Gasteiger partial charge in [0.1, 0.15) is 0 Å². The summed E-state index contributed by atoms with van der Waals surface area (Å²) in [6.45, 7) is 4.64. The first-order valence-electron chi connectivity index (χ1n) is 10.8. The van der Waals surface area contributed by atoms with Gasteiger partial charge in [-0.2, -0.15) is 0 Å². The molecule has 9 heteroatoms. The topological polar surface area (TPSA) is 90.3 Å². The minimum Gasteiger partial charge on any atom is -0.465 e. The van der Waals surface area contributed by atoms with E-state index in [9.17, 15) is 14.4 Å². The molecule has 0 saturated carbocycles. The van der Waals surface area contributed by atoms with E-state index < -0.39 is 0 Å². The third kappa shape index (κ3) is 6.58. The first-order chi connectivity index (χ1) is 15.9. The highest BCUT2D eigenvalue weighted by Crippen LogP contribution is 2.21. The molecule has 1 aromatic heterocycles. The van der Waals surface area contributed by atoms with Gasteiger partial charge in [-0.15, -0.1) is 0 Å². The molecule has 3 aromatic rings. The molecule has 0 radical (unpaired) electrons. The zero-order chi connectivity index (χ0) is 23.8. The molecule has 174 valence electrons. The van der Waals surface area contributed by atoms with Crippen LogP contribution in [-0.2, 0) is 16.1 Å². The van der Waals surface area contributed by atoms with Gasteiger partial charge in [-0.05, 0) is 49.7 Å². The van der Waals surface area contributed by atoms with Gasteiger partial charge in [0.05, 0.1) is 23.3 Å². The number of aromatic nitrogens is 2. The number of amides is 1. The highest BCUT2D eigenvalue weighted by Gasteiger charge is 2.16. The Morgan fingerprint density at radius 2 is 1.97 bits per heavy atom. The van der Waals surface area contributed by atoms with Crippen molar-refractivity contribution >= 4 is 51.8 Å². The summed E-state index contributed by atoms with van der Waals surface area (Å²) in [4.78, 5) is 42.4. The first kappa shape index (κ1) is 24.8. The molecule has 0 aliphatic carbocycles. The number of benzene rings is 2. The van der Waals surface area contributed by atoms with Crippen LogP contribution < -0.4 is 10.9 Å². The Morgan fingerprint density at radius 1 is 1.15 bits per heavy atom. The largest absolute Gasteiger partial charge is 0.465 e. The molecular weight excluding hydrogens is 462 g/mol. The number of carbonyl (C=O) groups excluding carboxylic acids is 2. The van der Waals surface area contributed by atoms with Gasteiger partial charge < -0.3 is 10.1 Å². The molecule has 0 spiro atoms. The average Bonchev–Trinajstić information content (AvgIpc) is 2.79. The normalized spacial score (nSPS) is 10.9. The van der Waals surface area contributed by atoms with Crippen LogP contribution in [0.1, 0.15) is 43.5 Å². The van der Waals surface area contributed by atoms with Crippen LogP contribution in [0.5, 0.6) is 0 Å². The quantitative estimate of drug-likeness (QED) is 0.184. The molecule has 2 aromatic carbocycles. The highest BCUT2D eigenvalue weighted by atomic mass is 35.5. The van der Waals surface area contributed by atoms with E-state index in [1.54, 1.807) is 54.0 Å². The average molecular weight is 488 g/mol. The zero-order valence-corrected chi connectivity index (χ0v) is 20.2. The van der Waals surface area contributed by atoms with Gasteiger partial charge in [0.25, 0.3) is 11.5 Å². The van der Waals surface area contributed by atoms with Crippen molar-refractivity contribution in [3.63, 3.8) is 0 Å². The lowest BCUT2D eigenvalue weighted by Gasteiger charge is -2.13. The van der Waals surface area contributed by atoms with E-state index in [-0.39, 0.29) is 23.2 Å². The number of thioether (sulfide) groups is 1. The van der Waals surface area contributed by atoms with Gasteiger partial charge in [-0.1, -0.05) is 49.2 Å². The molecule has 1 heterocycles. The van der Waals surface area contributed by atoms with Crippen molar-refractivity contribution in [1.29, 1.82) is 0 Å². The van der Waals surface area contributed by atoms with E-state index >= 15 is 0 Å². The molecule has 0 unspecified atom stereocenters. The molecule has 3 rings (SSSR count). The molecule has 0 atom stereocenters. The first-order valence-corrected chi connectivity index (χ1v) is 12.2. The molecule has 0 aliphatic rings. The van der Waals surface area contributed by atoms with Crippen molar-refractivity contribution in [1.82, 2.24) is 9.55 Å². The van der Waals surface area contributed by atoms with Crippen LogP contribution in [0.25, 0.3) is 10.9 Å². The van der Waals surface area contributed by atoms with Gasteiger partial charge in [-0.3, -0.25) is 19.0 Å². The number of halogens is 1. The number of esters is 1. The molecule has 0 fully saturated rings. The fourth-order valence-electron chi connectivity index (χ4n) is 3.26. The van der Waals surface area contributed by atoms with Crippen LogP contribution in [0.15, 0.2) is 52.4 Å². The highest BCUT2D eigenvalue weighted by molar-refractivity contribution is 7.99. The lowest BCUT2D eigenvalue weighted by atomic mass is 10.1. The van der Waals surface area contributed by atoms with Gasteiger partial charge in [0.15, 0.2) is 5.16 Å². The number of unbranched alkanes of at least 4 members (excludes halogenated alkanes) is 2.